The molecule has 3 N–H and O–H groups in total. The van der Waals surface area contributed by atoms with Crippen molar-refractivity contribution >= 4 is 32.7 Å². The van der Waals surface area contributed by atoms with Gasteiger partial charge in [-0.1, -0.05) is 0 Å². The highest BCUT2D eigenvalue weighted by molar-refractivity contribution is 7.92. The van der Waals surface area contributed by atoms with Crippen molar-refractivity contribution in [1.82, 2.24) is 19.1 Å². The van der Waals surface area contributed by atoms with Crippen LogP contribution in [0.4, 0.5) is 29.2 Å². The van der Waals surface area contributed by atoms with Crippen molar-refractivity contribution in [1.29, 1.82) is 0 Å². The molecular weight excluding hydrogens is 484 g/mol. The fraction of sp³-hybridized carbons (Fsp3) is 0.0526. The number of hydrogen-bond donors (Lipinski definition) is 2. The number of nitrogens with zero attached hydrogens (tertiary/aromatic N) is 4. The van der Waals surface area contributed by atoms with Crippen LogP contribution in [0.5, 0.6) is 0 Å². The molecule has 10 nitrogen and oxygen atoms in total. The number of benzene rings is 2. The number of halogens is 4. The molecule has 0 unspecified atom stereocenters. The maximum atomic E-state index is 15.3. The molecule has 0 radical (unpaired) electrons. The molecule has 2 aromatic carbocycles. The summed E-state index contributed by atoms with van der Waals surface area (Å²) in [4.78, 5) is 31.9. The summed E-state index contributed by atoms with van der Waals surface area (Å²) in [7, 11) is -3.75. The second-order valence-electron chi connectivity index (χ2n) is 6.89. The lowest BCUT2D eigenvalue weighted by Gasteiger charge is -2.15. The van der Waals surface area contributed by atoms with Crippen LogP contribution in [0.3, 0.4) is 0 Å². The first-order valence-corrected chi connectivity index (χ1v) is 10.6. The maximum Gasteiger partial charge on any atom is 0.337 e. The van der Waals surface area contributed by atoms with Crippen LogP contribution in [0.25, 0.3) is 16.7 Å². The van der Waals surface area contributed by atoms with Crippen LogP contribution in [0.15, 0.2) is 51.0 Å². The van der Waals surface area contributed by atoms with Gasteiger partial charge in [0, 0.05) is 13.2 Å². The van der Waals surface area contributed by atoms with E-state index in [4.69, 9.17) is 5.73 Å². The molecule has 0 fully saturated rings. The SMILES string of the molecule is Cn1c(=O)n(-c2c(F)ccc(NS(=O)(=O)c3cc(F)ccc3F)c2F)c(=O)c2cnc(N)nc21. The second-order valence-corrected chi connectivity index (χ2v) is 8.54. The number of rotatable bonds is 4. The van der Waals surface area contributed by atoms with Gasteiger partial charge in [0.05, 0.1) is 5.69 Å². The van der Waals surface area contributed by atoms with Crippen LogP contribution in [0.2, 0.25) is 0 Å². The Bertz CT molecular complexity index is 1720. The van der Waals surface area contributed by atoms with Gasteiger partial charge in [0.25, 0.3) is 15.6 Å². The first-order valence-electron chi connectivity index (χ1n) is 9.13. The van der Waals surface area contributed by atoms with E-state index < -0.39 is 60.8 Å². The van der Waals surface area contributed by atoms with Crippen LogP contribution >= 0.6 is 0 Å². The summed E-state index contributed by atoms with van der Waals surface area (Å²) >= 11 is 0. The summed E-state index contributed by atoms with van der Waals surface area (Å²) < 4.78 is 85.0. The van der Waals surface area contributed by atoms with Gasteiger partial charge in [-0.3, -0.25) is 14.1 Å². The van der Waals surface area contributed by atoms with Gasteiger partial charge in [-0.25, -0.2) is 40.3 Å². The highest BCUT2D eigenvalue weighted by Crippen LogP contribution is 2.27. The fourth-order valence-corrected chi connectivity index (χ4v) is 4.29. The van der Waals surface area contributed by atoms with E-state index in [1.165, 1.54) is 0 Å². The summed E-state index contributed by atoms with van der Waals surface area (Å²) in [6, 6.07) is 2.79. The van der Waals surface area contributed by atoms with Gasteiger partial charge in [0.15, 0.2) is 17.3 Å². The van der Waals surface area contributed by atoms with Crippen molar-refractivity contribution in [2.75, 3.05) is 10.5 Å². The number of aryl methyl sites for hydroxylation is 1. The Labute approximate surface area is 187 Å². The Morgan fingerprint density at radius 1 is 1.03 bits per heavy atom. The first-order chi connectivity index (χ1) is 15.9. The third-order valence-electron chi connectivity index (χ3n) is 4.73. The predicted molar refractivity (Wildman–Crippen MR) is 112 cm³/mol. The number of nitrogen functional groups attached to an aromatic ring is 1. The zero-order valence-corrected chi connectivity index (χ0v) is 17.7. The van der Waals surface area contributed by atoms with Crippen LogP contribution in [0, 0.1) is 23.3 Å². The Kier molecular flexibility index (Phi) is 5.35. The van der Waals surface area contributed by atoms with Gasteiger partial charge >= 0.3 is 5.69 Å². The van der Waals surface area contributed by atoms with E-state index in [-0.39, 0.29) is 21.5 Å². The molecule has 0 saturated heterocycles. The molecule has 4 aromatic rings. The average molecular weight is 496 g/mol. The molecule has 0 bridgehead atoms. The largest absolute Gasteiger partial charge is 0.368 e. The molecule has 0 atom stereocenters. The van der Waals surface area contributed by atoms with Gasteiger partial charge in [0.1, 0.15) is 27.6 Å². The normalized spacial score (nSPS) is 11.7. The van der Waals surface area contributed by atoms with Gasteiger partial charge in [-0.2, -0.15) is 4.98 Å². The van der Waals surface area contributed by atoms with Crippen LogP contribution in [0.1, 0.15) is 0 Å². The fourth-order valence-electron chi connectivity index (χ4n) is 3.15. The molecular formula is C19H12F4N6O4S. The monoisotopic (exact) mass is 496 g/mol. The third kappa shape index (κ3) is 3.64. The zero-order valence-electron chi connectivity index (χ0n) is 16.9. The topological polar surface area (TPSA) is 142 Å². The Morgan fingerprint density at radius 3 is 2.41 bits per heavy atom. The van der Waals surface area contributed by atoms with Crippen molar-refractivity contribution in [3.63, 3.8) is 0 Å². The highest BCUT2D eigenvalue weighted by atomic mass is 32.2. The molecule has 0 aliphatic heterocycles. The van der Waals surface area contributed by atoms with E-state index in [9.17, 15) is 31.2 Å². The molecule has 0 aliphatic carbocycles. The lowest BCUT2D eigenvalue weighted by Crippen LogP contribution is -2.39. The predicted octanol–water partition coefficient (Wildman–Crippen LogP) is 1.42. The van der Waals surface area contributed by atoms with E-state index in [1.54, 1.807) is 4.72 Å². The van der Waals surface area contributed by atoms with Crippen molar-refractivity contribution < 1.29 is 26.0 Å². The molecule has 15 heteroatoms. The number of sulfonamides is 1. The summed E-state index contributed by atoms with van der Waals surface area (Å²) in [5, 5.41) is -0.317. The van der Waals surface area contributed by atoms with Crippen molar-refractivity contribution in [2.45, 2.75) is 4.90 Å². The van der Waals surface area contributed by atoms with Crippen molar-refractivity contribution in [3.05, 3.63) is 80.6 Å². The van der Waals surface area contributed by atoms with E-state index in [2.05, 4.69) is 9.97 Å². The van der Waals surface area contributed by atoms with Crippen LogP contribution in [-0.2, 0) is 17.1 Å². The zero-order chi connectivity index (χ0) is 24.9. The van der Waals surface area contributed by atoms with Gasteiger partial charge in [-0.15, -0.1) is 0 Å². The Morgan fingerprint density at radius 2 is 1.71 bits per heavy atom. The summed E-state index contributed by atoms with van der Waals surface area (Å²) in [6.45, 7) is 0. The molecule has 2 aromatic heterocycles. The second kappa shape index (κ2) is 7.95. The molecule has 34 heavy (non-hydrogen) atoms. The van der Waals surface area contributed by atoms with E-state index >= 15 is 4.39 Å². The number of nitrogens with two attached hydrogens (primary N) is 1. The summed E-state index contributed by atoms with van der Waals surface area (Å²) in [6.07, 6.45) is 0.949. The molecule has 0 amide bonds. The molecule has 0 spiro atoms. The standard InChI is InChI=1S/C19H12F4N6O4S/c1-28-16-9(7-25-18(24)26-16)17(30)29(19(28)31)15-11(22)4-5-12(14(15)23)27-34(32,33)13-6-8(20)2-3-10(13)21/h2-7,27H,1H3,(H2,24,25,26). The van der Waals surface area contributed by atoms with Gasteiger partial charge in [0.2, 0.25) is 5.95 Å². The van der Waals surface area contributed by atoms with Crippen LogP contribution in [-0.4, -0.2) is 27.5 Å². The number of hydrogen-bond acceptors (Lipinski definition) is 7. The maximum absolute atomic E-state index is 15.3. The number of aromatic nitrogens is 4. The van der Waals surface area contributed by atoms with Gasteiger partial charge in [-0.05, 0) is 30.3 Å². The quantitative estimate of drug-likeness (QED) is 0.407. The molecule has 0 aliphatic rings. The molecule has 4 rings (SSSR count). The Hall–Kier alpha value is -4.27. The number of anilines is 2. The molecule has 0 saturated carbocycles. The molecule has 2 heterocycles. The third-order valence-corrected chi connectivity index (χ3v) is 6.11. The summed E-state index contributed by atoms with van der Waals surface area (Å²) in [5.41, 5.74) is 0.637. The minimum atomic E-state index is -4.90. The van der Waals surface area contributed by atoms with E-state index in [0.717, 1.165) is 17.8 Å². The first kappa shape index (κ1) is 22.9. The smallest absolute Gasteiger partial charge is 0.337 e. The number of fused-ring (bicyclic) bond motifs is 1. The van der Waals surface area contributed by atoms with E-state index in [1.807, 2.05) is 0 Å². The number of nitrogens with one attached hydrogen (secondary N) is 1. The highest BCUT2D eigenvalue weighted by Gasteiger charge is 2.26. The van der Waals surface area contributed by atoms with Crippen molar-refractivity contribution in [3.8, 4) is 5.69 Å². The minimum absolute atomic E-state index is 0.118. The summed E-state index contributed by atoms with van der Waals surface area (Å²) in [5.74, 6) is -5.76. The van der Waals surface area contributed by atoms with Crippen molar-refractivity contribution in [2.24, 2.45) is 7.05 Å². The van der Waals surface area contributed by atoms with E-state index in [0.29, 0.717) is 30.3 Å². The average Bonchev–Trinajstić information content (AvgIpc) is 2.77. The Balaban J connectivity index is 1.94. The lowest BCUT2D eigenvalue weighted by atomic mass is 10.2. The van der Waals surface area contributed by atoms with Gasteiger partial charge < -0.3 is 5.73 Å². The minimum Gasteiger partial charge on any atom is -0.368 e. The molecule has 176 valence electrons. The lowest BCUT2D eigenvalue weighted by molar-refractivity contribution is 0.552. The van der Waals surface area contributed by atoms with Crippen LogP contribution < -0.4 is 21.7 Å².